The lowest BCUT2D eigenvalue weighted by atomic mass is 9.92. The van der Waals surface area contributed by atoms with Crippen LogP contribution in [0, 0.1) is 11.8 Å². The Hall–Kier alpha value is -0.850. The predicted octanol–water partition coefficient (Wildman–Crippen LogP) is 0.842. The number of nitrogens with one attached hydrogen (secondary N) is 1. The van der Waals surface area contributed by atoms with Crippen molar-refractivity contribution < 1.29 is 9.59 Å². The SMILES string of the molecule is CNCCC1CCN(C(C)C(=O)N2CCC(C(N)=O)CC2)CC1.Cl. The van der Waals surface area contributed by atoms with Gasteiger partial charge in [0.1, 0.15) is 0 Å². The molecule has 0 aliphatic carbocycles. The highest BCUT2D eigenvalue weighted by Gasteiger charge is 2.32. The van der Waals surface area contributed by atoms with E-state index in [0.717, 1.165) is 25.6 Å². The quantitative estimate of drug-likeness (QED) is 0.735. The van der Waals surface area contributed by atoms with Crippen LogP contribution in [0.3, 0.4) is 0 Å². The largest absolute Gasteiger partial charge is 0.369 e. The molecule has 0 spiro atoms. The molecule has 3 N–H and O–H groups in total. The van der Waals surface area contributed by atoms with Gasteiger partial charge in [0.05, 0.1) is 6.04 Å². The number of amides is 2. The Balaban J connectivity index is 0.00000288. The first-order chi connectivity index (χ1) is 11.0. The number of hydrogen-bond donors (Lipinski definition) is 2. The summed E-state index contributed by atoms with van der Waals surface area (Å²) in [5.41, 5.74) is 5.36. The van der Waals surface area contributed by atoms with Crippen molar-refractivity contribution in [2.45, 2.75) is 45.1 Å². The molecule has 0 aromatic heterocycles. The third-order valence-corrected chi connectivity index (χ3v) is 5.57. The smallest absolute Gasteiger partial charge is 0.239 e. The van der Waals surface area contributed by atoms with Crippen LogP contribution in [0.15, 0.2) is 0 Å². The average Bonchev–Trinajstić information content (AvgIpc) is 2.59. The zero-order chi connectivity index (χ0) is 16.8. The molecule has 2 rings (SSSR count). The molecule has 6 nitrogen and oxygen atoms in total. The van der Waals surface area contributed by atoms with E-state index in [1.807, 2.05) is 18.9 Å². The minimum Gasteiger partial charge on any atom is -0.369 e. The Labute approximate surface area is 151 Å². The van der Waals surface area contributed by atoms with Crippen LogP contribution in [0.5, 0.6) is 0 Å². The number of hydrogen-bond acceptors (Lipinski definition) is 4. The summed E-state index contributed by atoms with van der Waals surface area (Å²) in [4.78, 5) is 28.1. The van der Waals surface area contributed by atoms with Crippen LogP contribution < -0.4 is 11.1 Å². The summed E-state index contributed by atoms with van der Waals surface area (Å²) in [6.45, 7) is 6.45. The van der Waals surface area contributed by atoms with E-state index in [0.29, 0.717) is 25.9 Å². The predicted molar refractivity (Wildman–Crippen MR) is 98.0 cm³/mol. The van der Waals surface area contributed by atoms with E-state index in [9.17, 15) is 9.59 Å². The van der Waals surface area contributed by atoms with Gasteiger partial charge in [0, 0.05) is 19.0 Å². The monoisotopic (exact) mass is 360 g/mol. The van der Waals surface area contributed by atoms with E-state index in [4.69, 9.17) is 5.73 Å². The van der Waals surface area contributed by atoms with E-state index < -0.39 is 0 Å². The molecule has 140 valence electrons. The Morgan fingerprint density at radius 3 is 2.21 bits per heavy atom. The number of rotatable bonds is 6. The summed E-state index contributed by atoms with van der Waals surface area (Å²) >= 11 is 0. The van der Waals surface area contributed by atoms with Crippen LogP contribution in [0.25, 0.3) is 0 Å². The lowest BCUT2D eigenvalue weighted by molar-refractivity contribution is -0.140. The van der Waals surface area contributed by atoms with Crippen molar-refractivity contribution in [1.29, 1.82) is 0 Å². The minimum atomic E-state index is -0.228. The number of nitrogens with zero attached hydrogens (tertiary/aromatic N) is 2. The number of primary amides is 1. The van der Waals surface area contributed by atoms with Gasteiger partial charge in [-0.3, -0.25) is 14.5 Å². The molecule has 0 bridgehead atoms. The molecule has 24 heavy (non-hydrogen) atoms. The van der Waals surface area contributed by atoms with Crippen molar-refractivity contribution >= 4 is 24.2 Å². The third-order valence-electron chi connectivity index (χ3n) is 5.57. The van der Waals surface area contributed by atoms with Crippen LogP contribution in [-0.2, 0) is 9.59 Å². The number of likely N-dealkylation sites (tertiary alicyclic amines) is 2. The van der Waals surface area contributed by atoms with Crippen LogP contribution in [0.2, 0.25) is 0 Å². The fourth-order valence-electron chi connectivity index (χ4n) is 3.78. The molecule has 2 aliphatic rings. The molecular weight excluding hydrogens is 328 g/mol. The topological polar surface area (TPSA) is 78.7 Å². The van der Waals surface area contributed by atoms with Gasteiger partial charge in [-0.1, -0.05) is 0 Å². The van der Waals surface area contributed by atoms with Crippen LogP contribution in [0.1, 0.15) is 39.0 Å². The molecule has 2 amide bonds. The van der Waals surface area contributed by atoms with E-state index in [2.05, 4.69) is 10.2 Å². The Kier molecular flexibility index (Phi) is 9.02. The maximum Gasteiger partial charge on any atom is 0.239 e. The standard InChI is InChI=1S/C17H32N4O2.ClH/c1-13(20-9-4-14(5-10-20)3-8-19-2)17(23)21-11-6-15(7-12-21)16(18)22;/h13-15,19H,3-12H2,1-2H3,(H2,18,22);1H. The number of carbonyl (C=O) groups is 2. The molecule has 0 radical (unpaired) electrons. The molecule has 7 heteroatoms. The van der Waals surface area contributed by atoms with Crippen LogP contribution in [0.4, 0.5) is 0 Å². The fourth-order valence-corrected chi connectivity index (χ4v) is 3.78. The van der Waals surface area contributed by atoms with E-state index in [1.54, 1.807) is 0 Å². The molecule has 0 aromatic carbocycles. The van der Waals surface area contributed by atoms with Gasteiger partial charge in [-0.15, -0.1) is 12.4 Å². The summed E-state index contributed by atoms with van der Waals surface area (Å²) in [5, 5.41) is 3.21. The van der Waals surface area contributed by atoms with Gasteiger partial charge in [0.2, 0.25) is 11.8 Å². The van der Waals surface area contributed by atoms with Gasteiger partial charge >= 0.3 is 0 Å². The van der Waals surface area contributed by atoms with Crippen molar-refractivity contribution in [3.63, 3.8) is 0 Å². The highest BCUT2D eigenvalue weighted by Crippen LogP contribution is 2.23. The second kappa shape index (κ2) is 10.2. The summed E-state index contributed by atoms with van der Waals surface area (Å²) < 4.78 is 0. The van der Waals surface area contributed by atoms with Crippen molar-refractivity contribution in [2.24, 2.45) is 17.6 Å². The first kappa shape index (κ1) is 21.2. The molecule has 1 atom stereocenters. The van der Waals surface area contributed by atoms with Crippen molar-refractivity contribution in [2.75, 3.05) is 39.8 Å². The van der Waals surface area contributed by atoms with Gasteiger partial charge in [-0.2, -0.15) is 0 Å². The summed E-state index contributed by atoms with van der Waals surface area (Å²) in [6, 6.07) is -0.0506. The second-order valence-corrected chi connectivity index (χ2v) is 7.05. The van der Waals surface area contributed by atoms with Gasteiger partial charge in [-0.25, -0.2) is 0 Å². The summed E-state index contributed by atoms with van der Waals surface area (Å²) in [6.07, 6.45) is 5.01. The lowest BCUT2D eigenvalue weighted by Gasteiger charge is -2.39. The van der Waals surface area contributed by atoms with Gasteiger partial charge < -0.3 is 16.0 Å². The van der Waals surface area contributed by atoms with Gasteiger partial charge in [0.25, 0.3) is 0 Å². The Bertz CT molecular complexity index is 405. The number of halogens is 1. The first-order valence-corrected chi connectivity index (χ1v) is 8.99. The molecule has 0 aromatic rings. The molecule has 2 fully saturated rings. The van der Waals surface area contributed by atoms with Gasteiger partial charge in [-0.05, 0) is 71.6 Å². The summed E-state index contributed by atoms with van der Waals surface area (Å²) in [5.74, 6) is 0.708. The molecule has 2 heterocycles. The van der Waals surface area contributed by atoms with Crippen molar-refractivity contribution in [3.8, 4) is 0 Å². The first-order valence-electron chi connectivity index (χ1n) is 8.99. The zero-order valence-corrected chi connectivity index (χ0v) is 15.8. The van der Waals surface area contributed by atoms with Crippen molar-refractivity contribution in [1.82, 2.24) is 15.1 Å². The van der Waals surface area contributed by atoms with Gasteiger partial charge in [0.15, 0.2) is 0 Å². The normalized spacial score (nSPS) is 22.0. The number of piperidine rings is 2. The lowest BCUT2D eigenvalue weighted by Crippen LogP contribution is -2.52. The van der Waals surface area contributed by atoms with Crippen LogP contribution in [-0.4, -0.2) is 67.4 Å². The van der Waals surface area contributed by atoms with E-state index in [1.165, 1.54) is 19.3 Å². The fraction of sp³-hybridized carbons (Fsp3) is 0.882. The highest BCUT2D eigenvalue weighted by molar-refractivity contribution is 5.85. The third kappa shape index (κ3) is 5.60. The maximum absolute atomic E-state index is 12.7. The molecule has 2 saturated heterocycles. The number of carbonyl (C=O) groups excluding carboxylic acids is 2. The summed E-state index contributed by atoms with van der Waals surface area (Å²) in [7, 11) is 2.00. The highest BCUT2D eigenvalue weighted by atomic mass is 35.5. The molecular formula is C17H33ClN4O2. The van der Waals surface area contributed by atoms with Crippen LogP contribution >= 0.6 is 12.4 Å². The average molecular weight is 361 g/mol. The molecule has 1 unspecified atom stereocenters. The Morgan fingerprint density at radius 1 is 1.12 bits per heavy atom. The number of nitrogens with two attached hydrogens (primary N) is 1. The zero-order valence-electron chi connectivity index (χ0n) is 15.0. The molecule has 0 saturated carbocycles. The molecule has 2 aliphatic heterocycles. The minimum absolute atomic E-state index is 0. The second-order valence-electron chi connectivity index (χ2n) is 7.05. The van der Waals surface area contributed by atoms with E-state index in [-0.39, 0.29) is 36.2 Å². The Morgan fingerprint density at radius 2 is 1.71 bits per heavy atom. The van der Waals surface area contributed by atoms with E-state index >= 15 is 0 Å². The van der Waals surface area contributed by atoms with Crippen molar-refractivity contribution in [3.05, 3.63) is 0 Å². The maximum atomic E-state index is 12.7.